The highest BCUT2D eigenvalue weighted by Gasteiger charge is 2.31. The Balaban J connectivity index is 2.30. The first-order chi connectivity index (χ1) is 6.29. The van der Waals surface area contributed by atoms with Crippen molar-refractivity contribution in [2.24, 2.45) is 5.92 Å². The van der Waals surface area contributed by atoms with Crippen LogP contribution in [0.15, 0.2) is 30.3 Å². The topological polar surface area (TPSA) is 33.1 Å². The van der Waals surface area contributed by atoms with Gasteiger partial charge in [-0.3, -0.25) is 5.41 Å². The minimum atomic E-state index is 0.168. The maximum absolute atomic E-state index is 7.65. The van der Waals surface area contributed by atoms with Gasteiger partial charge in [0.25, 0.3) is 0 Å². The third-order valence-electron chi connectivity index (χ3n) is 2.51. The van der Waals surface area contributed by atoms with E-state index in [9.17, 15) is 0 Å². The van der Waals surface area contributed by atoms with E-state index in [4.69, 9.17) is 10.1 Å². The largest absolute Gasteiger partial charge is 0.480 e. The van der Waals surface area contributed by atoms with Gasteiger partial charge in [-0.2, -0.15) is 0 Å². The van der Waals surface area contributed by atoms with E-state index in [0.29, 0.717) is 18.4 Å². The standard InChI is InChI=1S/C11H13NO/c1-8-7-13-11(12)10(8)9-5-3-2-4-6-9/h2-6,8,10,12H,7H2,1H3. The number of nitrogens with one attached hydrogen (secondary N) is 1. The molecule has 0 amide bonds. The van der Waals surface area contributed by atoms with E-state index in [2.05, 4.69) is 19.1 Å². The molecule has 0 aromatic heterocycles. The van der Waals surface area contributed by atoms with Crippen LogP contribution in [0.4, 0.5) is 0 Å². The molecule has 1 aliphatic heterocycles. The van der Waals surface area contributed by atoms with Gasteiger partial charge in [0.15, 0.2) is 5.90 Å². The summed E-state index contributed by atoms with van der Waals surface area (Å²) in [6.07, 6.45) is 0. The summed E-state index contributed by atoms with van der Waals surface area (Å²) >= 11 is 0. The molecule has 2 atom stereocenters. The monoisotopic (exact) mass is 175 g/mol. The van der Waals surface area contributed by atoms with E-state index in [-0.39, 0.29) is 5.92 Å². The Bertz CT molecular complexity index is 307. The van der Waals surface area contributed by atoms with Crippen LogP contribution in [0.3, 0.4) is 0 Å². The van der Waals surface area contributed by atoms with Crippen molar-refractivity contribution in [1.29, 1.82) is 5.41 Å². The molecule has 68 valence electrons. The molecule has 2 heteroatoms. The molecule has 1 aromatic carbocycles. The van der Waals surface area contributed by atoms with Crippen molar-refractivity contribution in [1.82, 2.24) is 0 Å². The van der Waals surface area contributed by atoms with Crippen molar-refractivity contribution in [3.8, 4) is 0 Å². The maximum atomic E-state index is 7.65. The molecular formula is C11H13NO. The van der Waals surface area contributed by atoms with Gasteiger partial charge in [-0.05, 0) is 5.56 Å². The first-order valence-corrected chi connectivity index (χ1v) is 4.55. The summed E-state index contributed by atoms with van der Waals surface area (Å²) in [5.41, 5.74) is 1.19. The normalized spacial score (nSPS) is 27.3. The van der Waals surface area contributed by atoms with E-state index in [1.807, 2.05) is 18.2 Å². The highest BCUT2D eigenvalue weighted by molar-refractivity contribution is 5.82. The molecule has 0 spiro atoms. The van der Waals surface area contributed by atoms with Gasteiger partial charge in [0.2, 0.25) is 0 Å². The average Bonchev–Trinajstić information content (AvgIpc) is 2.48. The lowest BCUT2D eigenvalue weighted by Gasteiger charge is -2.11. The lowest BCUT2D eigenvalue weighted by molar-refractivity contribution is 0.306. The highest BCUT2D eigenvalue weighted by atomic mass is 16.5. The zero-order valence-electron chi connectivity index (χ0n) is 7.66. The molecule has 1 N–H and O–H groups in total. The Morgan fingerprint density at radius 3 is 2.54 bits per heavy atom. The second kappa shape index (κ2) is 3.21. The molecule has 1 heterocycles. The highest BCUT2D eigenvalue weighted by Crippen LogP contribution is 2.31. The van der Waals surface area contributed by atoms with Crippen LogP contribution in [-0.2, 0) is 4.74 Å². The van der Waals surface area contributed by atoms with Crippen LogP contribution in [0.25, 0.3) is 0 Å². The molecule has 2 unspecified atom stereocenters. The maximum Gasteiger partial charge on any atom is 0.188 e. The fourth-order valence-corrected chi connectivity index (χ4v) is 1.81. The molecule has 1 aromatic rings. The van der Waals surface area contributed by atoms with Crippen LogP contribution < -0.4 is 0 Å². The van der Waals surface area contributed by atoms with E-state index in [0.717, 1.165) is 0 Å². The van der Waals surface area contributed by atoms with Crippen molar-refractivity contribution < 1.29 is 4.74 Å². The second-order valence-corrected chi connectivity index (χ2v) is 3.54. The third-order valence-corrected chi connectivity index (χ3v) is 2.51. The smallest absolute Gasteiger partial charge is 0.188 e. The fourth-order valence-electron chi connectivity index (χ4n) is 1.81. The molecule has 13 heavy (non-hydrogen) atoms. The van der Waals surface area contributed by atoms with E-state index < -0.39 is 0 Å². The summed E-state index contributed by atoms with van der Waals surface area (Å²) in [7, 11) is 0. The number of rotatable bonds is 1. The molecule has 0 radical (unpaired) electrons. The van der Waals surface area contributed by atoms with Gasteiger partial charge in [0.05, 0.1) is 12.5 Å². The Kier molecular flexibility index (Phi) is 2.05. The first kappa shape index (κ1) is 8.30. The van der Waals surface area contributed by atoms with Gasteiger partial charge in [0, 0.05) is 5.92 Å². The van der Waals surface area contributed by atoms with E-state index in [1.54, 1.807) is 0 Å². The zero-order valence-corrected chi connectivity index (χ0v) is 7.66. The lowest BCUT2D eigenvalue weighted by atomic mass is 9.90. The van der Waals surface area contributed by atoms with Crippen molar-refractivity contribution >= 4 is 5.90 Å². The van der Waals surface area contributed by atoms with Crippen LogP contribution in [0.1, 0.15) is 18.4 Å². The Morgan fingerprint density at radius 2 is 2.00 bits per heavy atom. The van der Waals surface area contributed by atoms with Gasteiger partial charge < -0.3 is 4.74 Å². The fraction of sp³-hybridized carbons (Fsp3) is 0.364. The van der Waals surface area contributed by atoms with Gasteiger partial charge in [-0.25, -0.2) is 0 Å². The Labute approximate surface area is 78.0 Å². The van der Waals surface area contributed by atoms with Crippen LogP contribution >= 0.6 is 0 Å². The summed E-state index contributed by atoms with van der Waals surface area (Å²) in [5, 5.41) is 7.65. The molecule has 1 saturated heterocycles. The zero-order chi connectivity index (χ0) is 9.26. The minimum Gasteiger partial charge on any atom is -0.480 e. The number of hydrogen-bond donors (Lipinski definition) is 1. The van der Waals surface area contributed by atoms with Crippen molar-refractivity contribution in [3.63, 3.8) is 0 Å². The van der Waals surface area contributed by atoms with Crippen molar-refractivity contribution in [2.45, 2.75) is 12.8 Å². The predicted molar refractivity (Wildman–Crippen MR) is 52.0 cm³/mol. The summed E-state index contributed by atoms with van der Waals surface area (Å²) in [6.45, 7) is 2.80. The van der Waals surface area contributed by atoms with Crippen LogP contribution in [0.5, 0.6) is 0 Å². The lowest BCUT2D eigenvalue weighted by Crippen LogP contribution is -2.10. The van der Waals surface area contributed by atoms with Crippen LogP contribution in [0, 0.1) is 11.3 Å². The summed E-state index contributed by atoms with van der Waals surface area (Å²) in [6, 6.07) is 10.1. The molecule has 0 saturated carbocycles. The number of ether oxygens (including phenoxy) is 1. The first-order valence-electron chi connectivity index (χ1n) is 4.55. The molecule has 0 aliphatic carbocycles. The number of hydrogen-bond acceptors (Lipinski definition) is 2. The quantitative estimate of drug-likeness (QED) is 0.698. The van der Waals surface area contributed by atoms with Crippen LogP contribution in [-0.4, -0.2) is 12.5 Å². The molecule has 1 aliphatic rings. The van der Waals surface area contributed by atoms with Gasteiger partial charge >= 0.3 is 0 Å². The van der Waals surface area contributed by atoms with Gasteiger partial charge in [-0.1, -0.05) is 37.3 Å². The van der Waals surface area contributed by atoms with Gasteiger partial charge in [0.1, 0.15) is 0 Å². The molecule has 2 nitrogen and oxygen atoms in total. The Hall–Kier alpha value is -1.31. The molecule has 2 rings (SSSR count). The summed E-state index contributed by atoms with van der Waals surface area (Å²) in [4.78, 5) is 0. The predicted octanol–water partition coefficient (Wildman–Crippen LogP) is 2.41. The molecule has 1 fully saturated rings. The van der Waals surface area contributed by atoms with Crippen LogP contribution in [0.2, 0.25) is 0 Å². The Morgan fingerprint density at radius 1 is 1.31 bits per heavy atom. The third kappa shape index (κ3) is 1.44. The summed E-state index contributed by atoms with van der Waals surface area (Å²) in [5.74, 6) is 1.01. The number of benzene rings is 1. The van der Waals surface area contributed by atoms with E-state index in [1.165, 1.54) is 5.56 Å². The van der Waals surface area contributed by atoms with Crippen molar-refractivity contribution in [2.75, 3.05) is 6.61 Å². The molecule has 0 bridgehead atoms. The minimum absolute atomic E-state index is 0.168. The molecular weight excluding hydrogens is 162 g/mol. The second-order valence-electron chi connectivity index (χ2n) is 3.54. The summed E-state index contributed by atoms with van der Waals surface area (Å²) < 4.78 is 5.22. The van der Waals surface area contributed by atoms with Gasteiger partial charge in [-0.15, -0.1) is 0 Å². The average molecular weight is 175 g/mol. The van der Waals surface area contributed by atoms with Crippen molar-refractivity contribution in [3.05, 3.63) is 35.9 Å². The van der Waals surface area contributed by atoms with E-state index >= 15 is 0 Å². The SMILES string of the molecule is CC1COC(=N)C1c1ccccc1.